The van der Waals surface area contributed by atoms with Gasteiger partial charge >= 0.3 is 11.9 Å². The van der Waals surface area contributed by atoms with Crippen molar-refractivity contribution in [2.75, 3.05) is 20.1 Å². The largest absolute Gasteiger partial charge is 0.441 e. The fourth-order valence-corrected chi connectivity index (χ4v) is 2.26. The second kappa shape index (κ2) is 7.63. The van der Waals surface area contributed by atoms with Crippen LogP contribution in [-0.2, 0) is 6.54 Å². The minimum Gasteiger partial charge on any atom is -0.390 e. The van der Waals surface area contributed by atoms with Gasteiger partial charge < -0.3 is 10.0 Å². The van der Waals surface area contributed by atoms with E-state index in [4.69, 9.17) is 0 Å². The second-order valence-corrected chi connectivity index (χ2v) is 5.53. The maximum absolute atomic E-state index is 12.2. The molecular formula is C15H18F3N3O3. The molecule has 0 spiro atoms. The average Bonchev–Trinajstić information content (AvgIpc) is 2.86. The second-order valence-electron chi connectivity index (χ2n) is 5.53. The molecule has 0 bridgehead atoms. The van der Waals surface area contributed by atoms with Gasteiger partial charge in [0.25, 0.3) is 0 Å². The van der Waals surface area contributed by atoms with Gasteiger partial charge in [0.05, 0.1) is 19.1 Å². The number of alkyl halides is 3. The lowest BCUT2D eigenvalue weighted by atomic mass is 10.2. The highest BCUT2D eigenvalue weighted by atomic mass is 19.4. The lowest BCUT2D eigenvalue weighted by molar-refractivity contribution is -0.137. The molecule has 1 aromatic heterocycles. The van der Waals surface area contributed by atoms with Gasteiger partial charge in [-0.15, -0.1) is 0 Å². The van der Waals surface area contributed by atoms with Crippen LogP contribution in [0.1, 0.15) is 6.42 Å². The zero-order valence-electron chi connectivity index (χ0n) is 13.0. The fourth-order valence-electron chi connectivity index (χ4n) is 2.26. The Morgan fingerprint density at radius 1 is 1.33 bits per heavy atom. The van der Waals surface area contributed by atoms with E-state index in [1.807, 2.05) is 0 Å². The maximum Gasteiger partial charge on any atom is 0.441 e. The Morgan fingerprint density at radius 3 is 2.62 bits per heavy atom. The van der Waals surface area contributed by atoms with Gasteiger partial charge in [0, 0.05) is 18.7 Å². The fraction of sp³-hybridized carbons (Fsp3) is 0.467. The molecule has 0 radical (unpaired) electrons. The van der Waals surface area contributed by atoms with Crippen molar-refractivity contribution in [3.05, 3.63) is 40.9 Å². The molecule has 0 saturated heterocycles. The third-order valence-corrected chi connectivity index (χ3v) is 3.41. The lowest BCUT2D eigenvalue weighted by Crippen LogP contribution is -2.35. The van der Waals surface area contributed by atoms with Gasteiger partial charge in [-0.3, -0.25) is 9.09 Å². The number of benzene rings is 1. The van der Waals surface area contributed by atoms with Gasteiger partial charge in [-0.05, 0) is 7.05 Å². The van der Waals surface area contributed by atoms with Crippen LogP contribution in [0.25, 0.3) is 11.4 Å². The van der Waals surface area contributed by atoms with E-state index in [-0.39, 0.29) is 25.5 Å². The molecule has 24 heavy (non-hydrogen) atoms. The number of aliphatic hydroxyl groups is 1. The van der Waals surface area contributed by atoms with E-state index in [0.29, 0.717) is 5.56 Å². The van der Waals surface area contributed by atoms with E-state index in [0.717, 1.165) is 4.57 Å². The normalized spacial score (nSPS) is 13.4. The Labute approximate surface area is 136 Å². The average molecular weight is 345 g/mol. The molecule has 1 N–H and O–H groups in total. The van der Waals surface area contributed by atoms with Crippen molar-refractivity contribution in [2.24, 2.45) is 0 Å². The molecule has 0 saturated carbocycles. The number of hydrogen-bond acceptors (Lipinski definition) is 5. The highest BCUT2D eigenvalue weighted by molar-refractivity contribution is 5.54. The van der Waals surface area contributed by atoms with Gasteiger partial charge in [-0.1, -0.05) is 35.5 Å². The topological polar surface area (TPSA) is 71.5 Å². The smallest absolute Gasteiger partial charge is 0.390 e. The Balaban J connectivity index is 2.01. The minimum atomic E-state index is -4.24. The van der Waals surface area contributed by atoms with Gasteiger partial charge in [-0.25, -0.2) is 4.79 Å². The standard InChI is InChI=1S/C15H18F3N3O3/c1-20(8-7-15(16,17)18)9-12(22)10-21-13(19-24-14(21)23)11-5-3-2-4-6-11/h2-6,12,22H,7-10H2,1H3. The highest BCUT2D eigenvalue weighted by Gasteiger charge is 2.27. The third-order valence-electron chi connectivity index (χ3n) is 3.41. The number of aromatic nitrogens is 2. The first-order chi connectivity index (χ1) is 11.3. The van der Waals surface area contributed by atoms with E-state index in [1.165, 1.54) is 11.9 Å². The van der Waals surface area contributed by atoms with Crippen LogP contribution in [0.4, 0.5) is 13.2 Å². The van der Waals surface area contributed by atoms with Crippen LogP contribution >= 0.6 is 0 Å². The number of aliphatic hydroxyl groups excluding tert-OH is 1. The van der Waals surface area contributed by atoms with Crippen molar-refractivity contribution in [3.63, 3.8) is 0 Å². The molecule has 1 heterocycles. The predicted molar refractivity (Wildman–Crippen MR) is 80.4 cm³/mol. The van der Waals surface area contributed by atoms with Crippen molar-refractivity contribution in [1.29, 1.82) is 0 Å². The van der Waals surface area contributed by atoms with Crippen molar-refractivity contribution < 1.29 is 22.8 Å². The van der Waals surface area contributed by atoms with E-state index in [9.17, 15) is 23.1 Å². The summed E-state index contributed by atoms with van der Waals surface area (Å²) < 4.78 is 42.4. The maximum atomic E-state index is 12.2. The molecule has 1 aromatic carbocycles. The van der Waals surface area contributed by atoms with Gasteiger partial charge in [-0.2, -0.15) is 13.2 Å². The molecular weight excluding hydrogens is 327 g/mol. The molecule has 6 nitrogen and oxygen atoms in total. The summed E-state index contributed by atoms with van der Waals surface area (Å²) in [4.78, 5) is 13.1. The summed E-state index contributed by atoms with van der Waals surface area (Å²) >= 11 is 0. The molecule has 2 rings (SSSR count). The Kier molecular flexibility index (Phi) is 5.79. The summed E-state index contributed by atoms with van der Waals surface area (Å²) in [6.45, 7) is -0.366. The summed E-state index contributed by atoms with van der Waals surface area (Å²) in [6, 6.07) is 8.79. The number of halogens is 3. The SMILES string of the molecule is CN(CCC(F)(F)F)CC(O)Cn1c(-c2ccccc2)noc1=O. The number of likely N-dealkylation sites (N-methyl/N-ethyl adjacent to an activating group) is 1. The van der Waals surface area contributed by atoms with Crippen LogP contribution in [0, 0.1) is 0 Å². The zero-order chi connectivity index (χ0) is 17.7. The number of nitrogens with zero attached hydrogens (tertiary/aromatic N) is 3. The van der Waals surface area contributed by atoms with Crippen LogP contribution in [0.5, 0.6) is 0 Å². The third kappa shape index (κ3) is 5.20. The summed E-state index contributed by atoms with van der Waals surface area (Å²) in [5.41, 5.74) is 0.640. The first-order valence-electron chi connectivity index (χ1n) is 7.31. The van der Waals surface area contributed by atoms with Crippen LogP contribution in [0.15, 0.2) is 39.6 Å². The molecule has 1 atom stereocenters. The van der Waals surface area contributed by atoms with E-state index >= 15 is 0 Å². The van der Waals surface area contributed by atoms with Crippen molar-refractivity contribution in [3.8, 4) is 11.4 Å². The summed E-state index contributed by atoms with van der Waals surface area (Å²) in [5, 5.41) is 13.8. The first kappa shape index (κ1) is 18.2. The molecule has 1 unspecified atom stereocenters. The van der Waals surface area contributed by atoms with Crippen LogP contribution < -0.4 is 5.76 Å². The van der Waals surface area contributed by atoms with Gasteiger partial charge in [0.15, 0.2) is 5.82 Å². The summed E-state index contributed by atoms with van der Waals surface area (Å²) in [6.07, 6.45) is -6.24. The van der Waals surface area contributed by atoms with Gasteiger partial charge in [0.1, 0.15) is 0 Å². The Morgan fingerprint density at radius 2 is 2.00 bits per heavy atom. The van der Waals surface area contributed by atoms with Crippen molar-refractivity contribution >= 4 is 0 Å². The Bertz CT molecular complexity index is 697. The van der Waals surface area contributed by atoms with Gasteiger partial charge in [0.2, 0.25) is 0 Å². The molecule has 9 heteroatoms. The molecule has 2 aromatic rings. The van der Waals surface area contributed by atoms with E-state index < -0.39 is 24.5 Å². The van der Waals surface area contributed by atoms with Crippen LogP contribution in [0.3, 0.4) is 0 Å². The molecule has 0 aliphatic rings. The van der Waals surface area contributed by atoms with Crippen LogP contribution in [0.2, 0.25) is 0 Å². The molecule has 0 aliphatic carbocycles. The monoisotopic (exact) mass is 345 g/mol. The Hall–Kier alpha value is -2.13. The molecule has 132 valence electrons. The van der Waals surface area contributed by atoms with Crippen LogP contribution in [-0.4, -0.2) is 52.1 Å². The first-order valence-corrected chi connectivity index (χ1v) is 7.31. The number of hydrogen-bond donors (Lipinski definition) is 1. The van der Waals surface area contributed by atoms with E-state index in [2.05, 4.69) is 9.68 Å². The molecule has 0 aliphatic heterocycles. The molecule has 0 fully saturated rings. The molecule has 0 amide bonds. The van der Waals surface area contributed by atoms with Crippen molar-refractivity contribution in [1.82, 2.24) is 14.6 Å². The van der Waals surface area contributed by atoms with E-state index in [1.54, 1.807) is 30.3 Å². The summed E-state index contributed by atoms with van der Waals surface area (Å²) in [5.74, 6) is -0.469. The predicted octanol–water partition coefficient (Wildman–Crippen LogP) is 1.75. The minimum absolute atomic E-state index is 0.0120. The quantitative estimate of drug-likeness (QED) is 0.828. The number of rotatable bonds is 7. The zero-order valence-corrected chi connectivity index (χ0v) is 13.0. The van der Waals surface area contributed by atoms with Crippen molar-refractivity contribution in [2.45, 2.75) is 25.2 Å². The lowest BCUT2D eigenvalue weighted by Gasteiger charge is -2.21. The highest BCUT2D eigenvalue weighted by Crippen LogP contribution is 2.19. The summed E-state index contributed by atoms with van der Waals surface area (Å²) in [7, 11) is 1.48.